The minimum absolute atomic E-state index is 0.410. The van der Waals surface area contributed by atoms with Crippen molar-refractivity contribution in [3.8, 4) is 0 Å². The van der Waals surface area contributed by atoms with E-state index in [1.54, 1.807) is 0 Å². The molecule has 0 radical (unpaired) electrons. The second kappa shape index (κ2) is 5.89. The average molecular weight is 253 g/mol. The lowest BCUT2D eigenvalue weighted by molar-refractivity contribution is 0.0408. The maximum Gasteiger partial charge on any atom is 0.0192 e. The highest BCUT2D eigenvalue weighted by Crippen LogP contribution is 2.39. The van der Waals surface area contributed by atoms with E-state index >= 15 is 0 Å². The number of nitrogens with two attached hydrogens (primary N) is 1. The molecule has 18 heavy (non-hydrogen) atoms. The quantitative estimate of drug-likeness (QED) is 0.832. The van der Waals surface area contributed by atoms with Crippen molar-refractivity contribution < 1.29 is 0 Å². The van der Waals surface area contributed by atoms with E-state index in [1.165, 1.54) is 51.9 Å². The summed E-state index contributed by atoms with van der Waals surface area (Å²) in [7, 11) is 2.24. The van der Waals surface area contributed by atoms with E-state index in [0.717, 1.165) is 12.5 Å². The largest absolute Gasteiger partial charge is 0.330 e. The van der Waals surface area contributed by atoms with Crippen LogP contribution in [0.15, 0.2) is 0 Å². The van der Waals surface area contributed by atoms with Crippen LogP contribution in [-0.2, 0) is 0 Å². The topological polar surface area (TPSA) is 32.5 Å². The molecule has 3 nitrogen and oxygen atoms in total. The maximum atomic E-state index is 6.14. The molecule has 1 aliphatic carbocycles. The van der Waals surface area contributed by atoms with Gasteiger partial charge in [-0.15, -0.1) is 0 Å². The molecule has 3 atom stereocenters. The first-order valence-electron chi connectivity index (χ1n) is 7.67. The van der Waals surface area contributed by atoms with Crippen LogP contribution in [0.2, 0.25) is 0 Å². The minimum atomic E-state index is 0.410. The molecule has 0 amide bonds. The summed E-state index contributed by atoms with van der Waals surface area (Å²) in [6.45, 7) is 10.5. The first-order valence-corrected chi connectivity index (χ1v) is 7.67. The van der Waals surface area contributed by atoms with Crippen LogP contribution in [0, 0.1) is 11.3 Å². The predicted molar refractivity (Wildman–Crippen MR) is 77.7 cm³/mol. The summed E-state index contributed by atoms with van der Waals surface area (Å²) >= 11 is 0. The minimum Gasteiger partial charge on any atom is -0.330 e. The zero-order chi connectivity index (χ0) is 13.2. The fourth-order valence-electron chi connectivity index (χ4n) is 3.90. The third kappa shape index (κ3) is 3.25. The maximum absolute atomic E-state index is 6.14. The van der Waals surface area contributed by atoms with Gasteiger partial charge in [0.1, 0.15) is 0 Å². The van der Waals surface area contributed by atoms with Crippen molar-refractivity contribution in [2.45, 2.75) is 45.6 Å². The number of hydrogen-bond donors (Lipinski definition) is 1. The van der Waals surface area contributed by atoms with E-state index in [4.69, 9.17) is 5.73 Å². The molecular formula is C15H31N3. The Kier molecular flexibility index (Phi) is 4.68. The van der Waals surface area contributed by atoms with Gasteiger partial charge in [0.05, 0.1) is 0 Å². The van der Waals surface area contributed by atoms with Crippen molar-refractivity contribution in [2.75, 3.05) is 39.8 Å². The van der Waals surface area contributed by atoms with Gasteiger partial charge in [-0.25, -0.2) is 0 Å². The highest BCUT2D eigenvalue weighted by Gasteiger charge is 2.36. The van der Waals surface area contributed by atoms with E-state index in [-0.39, 0.29) is 0 Å². The summed E-state index contributed by atoms with van der Waals surface area (Å²) in [4.78, 5) is 5.13. The van der Waals surface area contributed by atoms with E-state index in [1.807, 2.05) is 0 Å². The Morgan fingerprint density at radius 3 is 2.67 bits per heavy atom. The third-order valence-electron chi connectivity index (χ3n) is 5.22. The summed E-state index contributed by atoms with van der Waals surface area (Å²) in [6.07, 6.45) is 5.46. The van der Waals surface area contributed by atoms with Gasteiger partial charge in [-0.3, -0.25) is 4.90 Å². The van der Waals surface area contributed by atoms with Gasteiger partial charge >= 0.3 is 0 Å². The first kappa shape index (κ1) is 14.3. The lowest BCUT2D eigenvalue weighted by Gasteiger charge is -2.46. The molecule has 1 saturated heterocycles. The number of likely N-dealkylation sites (N-methyl/N-ethyl adjacent to an activating group) is 1. The molecule has 0 spiro atoms. The molecule has 1 aliphatic heterocycles. The molecule has 3 unspecified atom stereocenters. The number of piperazine rings is 1. The molecule has 1 saturated carbocycles. The summed E-state index contributed by atoms with van der Waals surface area (Å²) < 4.78 is 0. The number of hydrogen-bond acceptors (Lipinski definition) is 3. The van der Waals surface area contributed by atoms with Crippen LogP contribution < -0.4 is 5.73 Å². The summed E-state index contributed by atoms with van der Waals surface area (Å²) in [5.74, 6) is 0.868. The second-order valence-corrected chi connectivity index (χ2v) is 6.97. The molecule has 106 valence electrons. The van der Waals surface area contributed by atoms with E-state index in [9.17, 15) is 0 Å². The van der Waals surface area contributed by atoms with Crippen molar-refractivity contribution in [3.63, 3.8) is 0 Å². The Morgan fingerprint density at radius 1 is 1.28 bits per heavy atom. The lowest BCUT2D eigenvalue weighted by atomic mass is 9.69. The van der Waals surface area contributed by atoms with Crippen LogP contribution in [0.4, 0.5) is 0 Å². The van der Waals surface area contributed by atoms with Gasteiger partial charge < -0.3 is 10.6 Å². The molecule has 0 aromatic carbocycles. The van der Waals surface area contributed by atoms with E-state index in [2.05, 4.69) is 30.7 Å². The Bertz CT molecular complexity index is 268. The highest BCUT2D eigenvalue weighted by molar-refractivity contribution is 4.90. The Hall–Kier alpha value is -0.120. The molecule has 0 bridgehead atoms. The van der Waals surface area contributed by atoms with Crippen LogP contribution in [-0.4, -0.2) is 55.6 Å². The van der Waals surface area contributed by atoms with Crippen LogP contribution in [0.1, 0.15) is 39.5 Å². The van der Waals surface area contributed by atoms with Crippen molar-refractivity contribution in [3.05, 3.63) is 0 Å². The van der Waals surface area contributed by atoms with Gasteiger partial charge in [0.15, 0.2) is 0 Å². The Balaban J connectivity index is 1.93. The monoisotopic (exact) mass is 253 g/mol. The summed E-state index contributed by atoms with van der Waals surface area (Å²) in [6, 6.07) is 0.689. The number of rotatable bonds is 3. The van der Waals surface area contributed by atoms with E-state index in [0.29, 0.717) is 11.5 Å². The SMILES string of the molecule is CC1CCCC(CN)(CN2CCN(C)C(C)C2)C1. The fourth-order valence-corrected chi connectivity index (χ4v) is 3.90. The first-order chi connectivity index (χ1) is 8.54. The number of nitrogens with zero attached hydrogens (tertiary/aromatic N) is 2. The standard InChI is InChI=1S/C15H31N3/c1-13-5-4-6-15(9-13,11-16)12-18-8-7-17(3)14(2)10-18/h13-14H,4-12,16H2,1-3H3. The fraction of sp³-hybridized carbons (Fsp3) is 1.00. The van der Waals surface area contributed by atoms with Gasteiger partial charge in [0, 0.05) is 32.2 Å². The highest BCUT2D eigenvalue weighted by atomic mass is 15.3. The molecule has 3 heteroatoms. The molecule has 2 rings (SSSR count). The third-order valence-corrected chi connectivity index (χ3v) is 5.22. The van der Waals surface area contributed by atoms with Crippen LogP contribution in [0.5, 0.6) is 0 Å². The van der Waals surface area contributed by atoms with Crippen LogP contribution in [0.3, 0.4) is 0 Å². The molecule has 0 aromatic rings. The van der Waals surface area contributed by atoms with Crippen molar-refractivity contribution in [1.29, 1.82) is 0 Å². The smallest absolute Gasteiger partial charge is 0.0192 e. The normalized spacial score (nSPS) is 40.0. The Morgan fingerprint density at radius 2 is 2.06 bits per heavy atom. The van der Waals surface area contributed by atoms with Gasteiger partial charge in [0.2, 0.25) is 0 Å². The van der Waals surface area contributed by atoms with Gasteiger partial charge in [-0.2, -0.15) is 0 Å². The molecule has 2 aliphatic rings. The van der Waals surface area contributed by atoms with Gasteiger partial charge in [-0.05, 0) is 44.7 Å². The zero-order valence-electron chi connectivity index (χ0n) is 12.5. The molecule has 1 heterocycles. The predicted octanol–water partition coefficient (Wildman–Crippen LogP) is 1.78. The van der Waals surface area contributed by atoms with Gasteiger partial charge in [0.25, 0.3) is 0 Å². The van der Waals surface area contributed by atoms with Crippen molar-refractivity contribution in [2.24, 2.45) is 17.1 Å². The van der Waals surface area contributed by atoms with Crippen molar-refractivity contribution >= 4 is 0 Å². The van der Waals surface area contributed by atoms with Crippen LogP contribution in [0.25, 0.3) is 0 Å². The second-order valence-electron chi connectivity index (χ2n) is 6.97. The summed E-state index contributed by atoms with van der Waals surface area (Å²) in [5, 5.41) is 0. The molecular weight excluding hydrogens is 222 g/mol. The van der Waals surface area contributed by atoms with Crippen LogP contribution >= 0.6 is 0 Å². The molecule has 2 fully saturated rings. The zero-order valence-corrected chi connectivity index (χ0v) is 12.5. The molecule has 2 N–H and O–H groups in total. The van der Waals surface area contributed by atoms with E-state index < -0.39 is 0 Å². The summed E-state index contributed by atoms with van der Waals surface area (Å²) in [5.41, 5.74) is 6.55. The average Bonchev–Trinajstić information content (AvgIpc) is 2.34. The van der Waals surface area contributed by atoms with Crippen molar-refractivity contribution in [1.82, 2.24) is 9.80 Å². The lowest BCUT2D eigenvalue weighted by Crippen LogP contribution is -2.54. The van der Waals surface area contributed by atoms with Gasteiger partial charge in [-0.1, -0.05) is 19.8 Å². The molecule has 0 aromatic heterocycles. The Labute approximate surface area is 113 Å².